The summed E-state index contributed by atoms with van der Waals surface area (Å²) in [4.78, 5) is 0. The topological polar surface area (TPSA) is 18.5 Å². The maximum atomic E-state index is 12.4. The standard InChI is InChI=1S/C7H14F2O2/c1-3-7(8,9)6-11-5-4-10-2/h3-6H2,1-2H3. The van der Waals surface area contributed by atoms with E-state index in [1.807, 2.05) is 0 Å². The zero-order valence-corrected chi connectivity index (χ0v) is 6.90. The van der Waals surface area contributed by atoms with E-state index >= 15 is 0 Å². The lowest BCUT2D eigenvalue weighted by molar-refractivity contribution is -0.0851. The minimum atomic E-state index is -2.69. The third-order valence-electron chi connectivity index (χ3n) is 1.26. The van der Waals surface area contributed by atoms with Crippen molar-refractivity contribution in [3.63, 3.8) is 0 Å². The highest BCUT2D eigenvalue weighted by molar-refractivity contribution is 4.60. The molecular weight excluding hydrogens is 154 g/mol. The van der Waals surface area contributed by atoms with E-state index in [4.69, 9.17) is 0 Å². The maximum Gasteiger partial charge on any atom is 0.270 e. The van der Waals surface area contributed by atoms with E-state index in [1.165, 1.54) is 14.0 Å². The first-order valence-corrected chi connectivity index (χ1v) is 3.57. The van der Waals surface area contributed by atoms with Gasteiger partial charge in [0, 0.05) is 13.5 Å². The van der Waals surface area contributed by atoms with E-state index in [1.54, 1.807) is 0 Å². The van der Waals surface area contributed by atoms with Gasteiger partial charge in [0.15, 0.2) is 0 Å². The Morgan fingerprint density at radius 3 is 2.36 bits per heavy atom. The Hall–Kier alpha value is -0.220. The van der Waals surface area contributed by atoms with Gasteiger partial charge in [-0.3, -0.25) is 0 Å². The van der Waals surface area contributed by atoms with Crippen LogP contribution in [0.2, 0.25) is 0 Å². The lowest BCUT2D eigenvalue weighted by atomic mass is 10.3. The summed E-state index contributed by atoms with van der Waals surface area (Å²) in [5, 5.41) is 0. The van der Waals surface area contributed by atoms with Crippen molar-refractivity contribution in [2.24, 2.45) is 0 Å². The van der Waals surface area contributed by atoms with Crippen LogP contribution >= 0.6 is 0 Å². The van der Waals surface area contributed by atoms with Crippen molar-refractivity contribution in [1.82, 2.24) is 0 Å². The molecule has 0 aromatic carbocycles. The van der Waals surface area contributed by atoms with Crippen LogP contribution in [0.4, 0.5) is 8.78 Å². The van der Waals surface area contributed by atoms with Gasteiger partial charge in [-0.15, -0.1) is 0 Å². The summed E-state index contributed by atoms with van der Waals surface area (Å²) < 4.78 is 34.1. The molecule has 0 saturated carbocycles. The van der Waals surface area contributed by atoms with Crippen molar-refractivity contribution >= 4 is 0 Å². The van der Waals surface area contributed by atoms with Crippen LogP contribution in [-0.4, -0.2) is 32.9 Å². The van der Waals surface area contributed by atoms with Crippen LogP contribution < -0.4 is 0 Å². The second-order valence-corrected chi connectivity index (χ2v) is 2.25. The molecule has 0 rings (SSSR count). The molecule has 0 saturated heterocycles. The Kier molecular flexibility index (Phi) is 5.32. The Bertz CT molecular complexity index is 96.4. The lowest BCUT2D eigenvalue weighted by Crippen LogP contribution is -2.23. The Morgan fingerprint density at radius 2 is 1.91 bits per heavy atom. The molecule has 0 amide bonds. The Labute approximate surface area is 65.5 Å². The molecule has 11 heavy (non-hydrogen) atoms. The van der Waals surface area contributed by atoms with Crippen LogP contribution in [0.3, 0.4) is 0 Å². The summed E-state index contributed by atoms with van der Waals surface area (Å²) in [6.07, 6.45) is -0.181. The monoisotopic (exact) mass is 168 g/mol. The number of alkyl halides is 2. The van der Waals surface area contributed by atoms with Crippen molar-refractivity contribution < 1.29 is 18.3 Å². The number of ether oxygens (including phenoxy) is 2. The quantitative estimate of drug-likeness (QED) is 0.562. The van der Waals surface area contributed by atoms with E-state index in [0.29, 0.717) is 6.61 Å². The van der Waals surface area contributed by atoms with Crippen molar-refractivity contribution in [1.29, 1.82) is 0 Å². The second-order valence-electron chi connectivity index (χ2n) is 2.25. The minimum Gasteiger partial charge on any atom is -0.382 e. The van der Waals surface area contributed by atoms with Crippen LogP contribution in [0, 0.1) is 0 Å². The van der Waals surface area contributed by atoms with Gasteiger partial charge in [-0.1, -0.05) is 6.92 Å². The van der Waals surface area contributed by atoms with Crippen molar-refractivity contribution in [2.75, 3.05) is 26.9 Å². The average Bonchev–Trinajstić information content (AvgIpc) is 1.99. The van der Waals surface area contributed by atoms with Crippen LogP contribution in [0.5, 0.6) is 0 Å². The normalized spacial score (nSPS) is 12.0. The van der Waals surface area contributed by atoms with E-state index in [9.17, 15) is 8.78 Å². The van der Waals surface area contributed by atoms with E-state index in [0.717, 1.165) is 0 Å². The van der Waals surface area contributed by atoms with Gasteiger partial charge in [-0.25, -0.2) is 8.78 Å². The molecule has 68 valence electrons. The minimum absolute atomic E-state index is 0.181. The summed E-state index contributed by atoms with van der Waals surface area (Å²) in [5.41, 5.74) is 0. The lowest BCUT2D eigenvalue weighted by Gasteiger charge is -2.13. The smallest absolute Gasteiger partial charge is 0.270 e. The largest absolute Gasteiger partial charge is 0.382 e. The molecule has 0 unspecified atom stereocenters. The molecule has 0 aliphatic rings. The van der Waals surface area contributed by atoms with Gasteiger partial charge in [0.25, 0.3) is 5.92 Å². The molecule has 0 aromatic rings. The van der Waals surface area contributed by atoms with Gasteiger partial charge in [0.2, 0.25) is 0 Å². The number of rotatable bonds is 6. The first kappa shape index (κ1) is 10.8. The molecule has 0 aromatic heterocycles. The summed E-state index contributed by atoms with van der Waals surface area (Å²) in [6, 6.07) is 0. The molecule has 0 fully saturated rings. The molecule has 0 spiro atoms. The molecule has 0 radical (unpaired) electrons. The maximum absolute atomic E-state index is 12.4. The zero-order valence-electron chi connectivity index (χ0n) is 6.90. The number of methoxy groups -OCH3 is 1. The highest BCUT2D eigenvalue weighted by Gasteiger charge is 2.25. The average molecular weight is 168 g/mol. The number of halogens is 2. The van der Waals surface area contributed by atoms with E-state index in [2.05, 4.69) is 9.47 Å². The van der Waals surface area contributed by atoms with Crippen molar-refractivity contribution in [3.8, 4) is 0 Å². The van der Waals surface area contributed by atoms with Crippen LogP contribution in [0.1, 0.15) is 13.3 Å². The molecule has 0 aliphatic heterocycles. The van der Waals surface area contributed by atoms with E-state index < -0.39 is 12.5 Å². The Morgan fingerprint density at radius 1 is 1.27 bits per heavy atom. The van der Waals surface area contributed by atoms with Gasteiger partial charge >= 0.3 is 0 Å². The SMILES string of the molecule is CCC(F)(F)COCCOC. The zero-order chi connectivity index (χ0) is 8.74. The summed E-state index contributed by atoms with van der Waals surface area (Å²) in [7, 11) is 1.50. The molecule has 2 nitrogen and oxygen atoms in total. The highest BCUT2D eigenvalue weighted by Crippen LogP contribution is 2.17. The van der Waals surface area contributed by atoms with E-state index in [-0.39, 0.29) is 13.0 Å². The summed E-state index contributed by atoms with van der Waals surface area (Å²) >= 11 is 0. The number of hydrogen-bond donors (Lipinski definition) is 0. The third kappa shape index (κ3) is 6.19. The van der Waals surface area contributed by atoms with Crippen LogP contribution in [0.15, 0.2) is 0 Å². The summed E-state index contributed by atoms with van der Waals surface area (Å²) in [6.45, 7) is 1.51. The predicted molar refractivity (Wildman–Crippen MR) is 37.9 cm³/mol. The fourth-order valence-electron chi connectivity index (χ4n) is 0.466. The van der Waals surface area contributed by atoms with Gasteiger partial charge < -0.3 is 9.47 Å². The van der Waals surface area contributed by atoms with Crippen molar-refractivity contribution in [2.45, 2.75) is 19.3 Å². The van der Waals surface area contributed by atoms with Crippen molar-refractivity contribution in [3.05, 3.63) is 0 Å². The molecule has 0 bridgehead atoms. The predicted octanol–water partition coefficient (Wildman–Crippen LogP) is 1.69. The molecule has 0 N–H and O–H groups in total. The first-order valence-electron chi connectivity index (χ1n) is 3.57. The van der Waals surface area contributed by atoms with Gasteiger partial charge in [0.1, 0.15) is 6.61 Å². The first-order chi connectivity index (χ1) is 5.12. The number of hydrogen-bond acceptors (Lipinski definition) is 2. The molecule has 0 atom stereocenters. The summed E-state index contributed by atoms with van der Waals surface area (Å²) in [5.74, 6) is -2.69. The fraction of sp³-hybridized carbons (Fsp3) is 1.00. The van der Waals surface area contributed by atoms with Gasteiger partial charge in [0.05, 0.1) is 13.2 Å². The Balaban J connectivity index is 3.23. The third-order valence-corrected chi connectivity index (χ3v) is 1.26. The second kappa shape index (κ2) is 5.43. The molecule has 4 heteroatoms. The van der Waals surface area contributed by atoms with Crippen LogP contribution in [-0.2, 0) is 9.47 Å². The fourth-order valence-corrected chi connectivity index (χ4v) is 0.466. The molecular formula is C7H14F2O2. The molecule has 0 heterocycles. The van der Waals surface area contributed by atoms with Gasteiger partial charge in [-0.2, -0.15) is 0 Å². The van der Waals surface area contributed by atoms with Crippen LogP contribution in [0.25, 0.3) is 0 Å². The molecule has 0 aliphatic carbocycles. The highest BCUT2D eigenvalue weighted by atomic mass is 19.3. The van der Waals surface area contributed by atoms with Gasteiger partial charge in [-0.05, 0) is 0 Å².